The second-order valence-electron chi connectivity index (χ2n) is 12.9. The van der Waals surface area contributed by atoms with E-state index in [0.717, 1.165) is 25.7 Å². The van der Waals surface area contributed by atoms with E-state index in [9.17, 15) is 9.46 Å². The minimum Gasteiger partial charge on any atom is -0.382 e. The molecule has 2 aromatic rings. The zero-order valence-electron chi connectivity index (χ0n) is 25.8. The van der Waals surface area contributed by atoms with E-state index in [1.54, 1.807) is 10.9 Å². The molecule has 0 aliphatic heterocycles. The fourth-order valence-electron chi connectivity index (χ4n) is 5.65. The van der Waals surface area contributed by atoms with Gasteiger partial charge in [-0.2, -0.15) is 0 Å². The number of ether oxygens (including phenoxy) is 2. The minimum atomic E-state index is -4.07. The van der Waals surface area contributed by atoms with Crippen LogP contribution in [0, 0.1) is 5.41 Å². The molecule has 0 saturated carbocycles. The predicted octanol–water partition coefficient (Wildman–Crippen LogP) is 6.71. The van der Waals surface area contributed by atoms with Crippen LogP contribution in [0.25, 0.3) is 11.2 Å². The van der Waals surface area contributed by atoms with E-state index in [1.807, 2.05) is 20.8 Å². The van der Waals surface area contributed by atoms with Crippen molar-refractivity contribution in [1.82, 2.24) is 19.5 Å². The van der Waals surface area contributed by atoms with Crippen molar-refractivity contribution < 1.29 is 23.5 Å². The number of hydrogen-bond acceptors (Lipinski definition) is 8. The maximum Gasteiger partial charge on any atom is 0.354 e. The molecule has 2 aromatic heterocycles. The first-order valence-corrected chi connectivity index (χ1v) is 15.9. The highest BCUT2D eigenvalue weighted by atomic mass is 31.2. The Morgan fingerprint density at radius 3 is 2.28 bits per heavy atom. The number of rotatable bonds is 17. The quantitative estimate of drug-likeness (QED) is 0.199. The fraction of sp³-hybridized carbons (Fsp3) is 0.821. The van der Waals surface area contributed by atoms with Gasteiger partial charge in [-0.1, -0.05) is 47.5 Å². The third-order valence-corrected chi connectivity index (χ3v) is 8.63. The standard InChI is InChI=1S/C28H52N5O5P/c1-11-14-28(10,37-26(7,8)16-25(5,6)12-2)17-27(9,13-3)38-39(34,35)20-36-21(4)15-33-19-32-22-23(29)30-18-31-24(22)33/h18-19,21H,11-17,20H2,1-10H3,(H,34,35)(H2,29,30,31). The lowest BCUT2D eigenvalue weighted by Crippen LogP contribution is -2.46. The van der Waals surface area contributed by atoms with Crippen LogP contribution in [0.15, 0.2) is 12.7 Å². The number of nitrogens with zero attached hydrogens (tertiary/aromatic N) is 4. The van der Waals surface area contributed by atoms with Gasteiger partial charge in [0.2, 0.25) is 0 Å². The van der Waals surface area contributed by atoms with Crippen LogP contribution in [0.5, 0.6) is 0 Å². The van der Waals surface area contributed by atoms with Crippen molar-refractivity contribution in [2.45, 2.75) is 137 Å². The smallest absolute Gasteiger partial charge is 0.354 e. The van der Waals surface area contributed by atoms with Gasteiger partial charge in [0.25, 0.3) is 0 Å². The molecule has 4 atom stereocenters. The SMILES string of the molecule is CCCC(C)(CC(C)(CC)OP(=O)(O)COC(C)Cn1cnc2c(N)ncnc21)OC(C)(C)CC(C)(C)CC. The van der Waals surface area contributed by atoms with Gasteiger partial charge in [0.1, 0.15) is 18.2 Å². The third kappa shape index (κ3) is 10.1. The van der Waals surface area contributed by atoms with Crippen LogP contribution in [0.3, 0.4) is 0 Å². The molecule has 0 bridgehead atoms. The maximum absolute atomic E-state index is 13.2. The van der Waals surface area contributed by atoms with Crippen LogP contribution >= 0.6 is 7.60 Å². The number of anilines is 1. The van der Waals surface area contributed by atoms with Gasteiger partial charge in [0.15, 0.2) is 11.5 Å². The summed E-state index contributed by atoms with van der Waals surface area (Å²) in [5, 5.41) is 0. The number of fused-ring (bicyclic) bond motifs is 1. The summed E-state index contributed by atoms with van der Waals surface area (Å²) in [6.07, 6.45) is 6.93. The summed E-state index contributed by atoms with van der Waals surface area (Å²) in [6.45, 7) is 21.3. The molecule has 2 heterocycles. The topological polar surface area (TPSA) is 135 Å². The monoisotopic (exact) mass is 569 g/mol. The van der Waals surface area contributed by atoms with E-state index in [2.05, 4.69) is 63.4 Å². The van der Waals surface area contributed by atoms with Gasteiger partial charge in [-0.3, -0.25) is 4.57 Å². The maximum atomic E-state index is 13.2. The highest BCUT2D eigenvalue weighted by Crippen LogP contribution is 2.50. The number of imidazole rings is 1. The molecule has 0 aliphatic carbocycles. The van der Waals surface area contributed by atoms with Crippen LogP contribution in [0.4, 0.5) is 5.82 Å². The normalized spacial score (nSPS) is 18.4. The summed E-state index contributed by atoms with van der Waals surface area (Å²) in [7, 11) is -4.07. The summed E-state index contributed by atoms with van der Waals surface area (Å²) in [5.41, 5.74) is 5.37. The molecule has 0 aromatic carbocycles. The highest BCUT2D eigenvalue weighted by Gasteiger charge is 2.43. The largest absolute Gasteiger partial charge is 0.382 e. The second-order valence-corrected chi connectivity index (χ2v) is 14.6. The number of nitrogens with two attached hydrogens (primary N) is 1. The van der Waals surface area contributed by atoms with Gasteiger partial charge in [-0.15, -0.1) is 0 Å². The van der Waals surface area contributed by atoms with E-state index in [0.29, 0.717) is 36.4 Å². The number of hydrogen-bond donors (Lipinski definition) is 2. The molecule has 0 aliphatic rings. The average Bonchev–Trinajstić information content (AvgIpc) is 3.20. The van der Waals surface area contributed by atoms with Gasteiger partial charge in [0.05, 0.1) is 35.8 Å². The Morgan fingerprint density at radius 1 is 1.03 bits per heavy atom. The zero-order chi connectivity index (χ0) is 29.7. The molecule has 11 heteroatoms. The predicted molar refractivity (Wildman–Crippen MR) is 157 cm³/mol. The Kier molecular flexibility index (Phi) is 11.2. The first-order valence-electron chi connectivity index (χ1n) is 14.1. The molecule has 2 rings (SSSR count). The molecular formula is C28H52N5O5P. The second kappa shape index (κ2) is 12.9. The van der Waals surface area contributed by atoms with E-state index in [4.69, 9.17) is 19.7 Å². The number of nitrogen functional groups attached to an aromatic ring is 1. The number of aromatic nitrogens is 4. The Morgan fingerprint density at radius 2 is 1.69 bits per heavy atom. The zero-order valence-corrected chi connectivity index (χ0v) is 26.7. The van der Waals surface area contributed by atoms with Crippen LogP contribution in [0.1, 0.15) is 108 Å². The van der Waals surface area contributed by atoms with Crippen molar-refractivity contribution >= 4 is 24.6 Å². The van der Waals surface area contributed by atoms with Gasteiger partial charge >= 0.3 is 7.60 Å². The van der Waals surface area contributed by atoms with Gasteiger partial charge in [-0.25, -0.2) is 15.0 Å². The first kappa shape index (κ1) is 33.6. The van der Waals surface area contributed by atoms with Gasteiger partial charge in [0, 0.05) is 6.42 Å². The summed E-state index contributed by atoms with van der Waals surface area (Å²) in [6, 6.07) is 0. The average molecular weight is 570 g/mol. The van der Waals surface area contributed by atoms with Crippen molar-refractivity contribution in [2.24, 2.45) is 5.41 Å². The van der Waals surface area contributed by atoms with E-state index in [-0.39, 0.29) is 11.0 Å². The molecule has 39 heavy (non-hydrogen) atoms. The molecule has 0 saturated heterocycles. The summed E-state index contributed by atoms with van der Waals surface area (Å²) in [4.78, 5) is 23.3. The Hall–Kier alpha value is -1.58. The Bertz CT molecular complexity index is 1120. The molecule has 0 amide bonds. The lowest BCUT2D eigenvalue weighted by atomic mass is 9.78. The van der Waals surface area contributed by atoms with Gasteiger partial charge < -0.3 is 29.2 Å². The van der Waals surface area contributed by atoms with Crippen molar-refractivity contribution in [2.75, 3.05) is 12.1 Å². The van der Waals surface area contributed by atoms with Gasteiger partial charge in [-0.05, 0) is 59.3 Å². The van der Waals surface area contributed by atoms with Crippen LogP contribution < -0.4 is 5.73 Å². The van der Waals surface area contributed by atoms with E-state index >= 15 is 0 Å². The van der Waals surface area contributed by atoms with Crippen LogP contribution in [-0.2, 0) is 25.1 Å². The summed E-state index contributed by atoms with van der Waals surface area (Å²) >= 11 is 0. The third-order valence-electron chi connectivity index (χ3n) is 7.43. The molecule has 4 unspecified atom stereocenters. The van der Waals surface area contributed by atoms with Crippen molar-refractivity contribution in [3.63, 3.8) is 0 Å². The fourth-order valence-corrected chi connectivity index (χ4v) is 7.03. The Labute approximate surface area is 235 Å². The molecule has 0 radical (unpaired) electrons. The first-order chi connectivity index (χ1) is 17.9. The molecule has 10 nitrogen and oxygen atoms in total. The molecule has 0 spiro atoms. The minimum absolute atomic E-state index is 0.151. The van der Waals surface area contributed by atoms with Crippen molar-refractivity contribution in [1.29, 1.82) is 0 Å². The van der Waals surface area contributed by atoms with E-state index < -0.39 is 31.2 Å². The van der Waals surface area contributed by atoms with Crippen LogP contribution in [-0.4, -0.2) is 53.7 Å². The lowest BCUT2D eigenvalue weighted by Gasteiger charge is -2.45. The highest BCUT2D eigenvalue weighted by molar-refractivity contribution is 7.52. The van der Waals surface area contributed by atoms with Crippen molar-refractivity contribution in [3.8, 4) is 0 Å². The Balaban J connectivity index is 2.07. The molecule has 0 fully saturated rings. The summed E-state index contributed by atoms with van der Waals surface area (Å²) in [5.74, 6) is 0.302. The van der Waals surface area contributed by atoms with E-state index in [1.165, 1.54) is 6.33 Å². The molecule has 224 valence electrons. The lowest BCUT2D eigenvalue weighted by molar-refractivity contribution is -0.172. The molecule has 3 N–H and O–H groups in total. The molecular weight excluding hydrogens is 517 g/mol. The summed E-state index contributed by atoms with van der Waals surface area (Å²) < 4.78 is 33.6. The van der Waals surface area contributed by atoms with Crippen molar-refractivity contribution in [3.05, 3.63) is 12.7 Å². The van der Waals surface area contributed by atoms with Crippen LogP contribution in [0.2, 0.25) is 0 Å².